The summed E-state index contributed by atoms with van der Waals surface area (Å²) in [4.78, 5) is 45.6. The molecule has 0 unspecified atom stereocenters. The number of piperazine rings is 1. The van der Waals surface area contributed by atoms with E-state index < -0.39 is 6.09 Å². The third-order valence-corrected chi connectivity index (χ3v) is 7.57. The Morgan fingerprint density at radius 1 is 0.717 bits per heavy atom. The van der Waals surface area contributed by atoms with Crippen molar-refractivity contribution >= 4 is 45.4 Å². The van der Waals surface area contributed by atoms with E-state index in [9.17, 15) is 9.59 Å². The first-order valence-electron chi connectivity index (χ1n) is 14.5. The van der Waals surface area contributed by atoms with Gasteiger partial charge in [-0.05, 0) is 58.0 Å². The second-order valence-corrected chi connectivity index (χ2v) is 11.1. The van der Waals surface area contributed by atoms with Crippen LogP contribution in [0.1, 0.15) is 22.8 Å². The summed E-state index contributed by atoms with van der Waals surface area (Å²) >= 11 is 3.50. The highest BCUT2D eigenvalue weighted by molar-refractivity contribution is 9.10. The molecule has 242 valence electrons. The van der Waals surface area contributed by atoms with Crippen molar-refractivity contribution in [3.05, 3.63) is 81.8 Å². The second-order valence-electron chi connectivity index (χ2n) is 10.2. The minimum absolute atomic E-state index is 0.185. The van der Waals surface area contributed by atoms with Gasteiger partial charge in [-0.2, -0.15) is 0 Å². The number of nitrogens with zero attached hydrogens (tertiary/aromatic N) is 6. The number of amides is 3. The number of aromatic nitrogens is 4. The van der Waals surface area contributed by atoms with Crippen LogP contribution in [0.3, 0.4) is 0 Å². The maximum absolute atomic E-state index is 12.6. The highest BCUT2D eigenvalue weighted by Crippen LogP contribution is 2.24. The van der Waals surface area contributed by atoms with Crippen molar-refractivity contribution in [3.63, 3.8) is 0 Å². The third kappa shape index (κ3) is 9.03. The first-order valence-corrected chi connectivity index (χ1v) is 15.3. The summed E-state index contributed by atoms with van der Waals surface area (Å²) in [6.45, 7) is 10.2. The fourth-order valence-electron chi connectivity index (χ4n) is 4.35. The van der Waals surface area contributed by atoms with Crippen molar-refractivity contribution in [2.24, 2.45) is 0 Å². The number of para-hydroxylation sites is 1. The van der Waals surface area contributed by atoms with Crippen molar-refractivity contribution in [3.8, 4) is 17.5 Å². The average molecular weight is 694 g/mol. The lowest BCUT2D eigenvalue weighted by Gasteiger charge is -2.36. The van der Waals surface area contributed by atoms with Crippen molar-refractivity contribution in [2.45, 2.75) is 27.7 Å². The van der Waals surface area contributed by atoms with Gasteiger partial charge >= 0.3 is 12.1 Å². The summed E-state index contributed by atoms with van der Waals surface area (Å²) in [5, 5.41) is 5.34. The zero-order chi connectivity index (χ0) is 33.2. The predicted molar refractivity (Wildman–Crippen MR) is 179 cm³/mol. The standard InChI is InChI=1S/C18H22BrN5O2.C14H15N3O3/c1-12-13(2)21-17(26-3)16(20-12)22-18(25)24-9-7-23(8-10-24)15-6-4-5-14(19)11-15;1-9-10(2)16-13(19-3)12(15-9)17-14(18)20-11-7-5-4-6-8-11/h4-6,11H,7-10H2,1-3H3,(H,20,22,25);4-8H,1-3H3,(H,15,17,18). The van der Waals surface area contributed by atoms with Crippen LogP contribution < -0.4 is 29.7 Å². The fraction of sp³-hybridized carbons (Fsp3) is 0.312. The van der Waals surface area contributed by atoms with Gasteiger partial charge in [0.15, 0.2) is 11.6 Å². The van der Waals surface area contributed by atoms with Gasteiger partial charge in [0.1, 0.15) is 5.75 Å². The maximum atomic E-state index is 12.6. The van der Waals surface area contributed by atoms with Crippen LogP contribution in [0.2, 0.25) is 0 Å². The molecule has 4 aromatic rings. The highest BCUT2D eigenvalue weighted by Gasteiger charge is 2.23. The molecule has 0 bridgehead atoms. The molecule has 14 heteroatoms. The summed E-state index contributed by atoms with van der Waals surface area (Å²) in [6, 6.07) is 16.8. The molecule has 1 fully saturated rings. The predicted octanol–water partition coefficient (Wildman–Crippen LogP) is 5.93. The number of urea groups is 1. The lowest BCUT2D eigenvalue weighted by molar-refractivity contribution is 0.208. The van der Waals surface area contributed by atoms with E-state index in [2.05, 4.69) is 63.5 Å². The molecule has 0 radical (unpaired) electrons. The fourth-order valence-corrected chi connectivity index (χ4v) is 4.74. The van der Waals surface area contributed by atoms with Crippen LogP contribution in [0, 0.1) is 27.7 Å². The van der Waals surface area contributed by atoms with Gasteiger partial charge in [-0.25, -0.2) is 29.5 Å². The Morgan fingerprint density at radius 3 is 1.80 bits per heavy atom. The van der Waals surface area contributed by atoms with Crippen LogP contribution >= 0.6 is 15.9 Å². The van der Waals surface area contributed by atoms with Crippen LogP contribution in [0.5, 0.6) is 17.5 Å². The van der Waals surface area contributed by atoms with Crippen molar-refractivity contribution in [1.29, 1.82) is 0 Å². The molecule has 3 heterocycles. The molecule has 1 saturated heterocycles. The summed E-state index contributed by atoms with van der Waals surface area (Å²) in [6.07, 6.45) is -0.646. The van der Waals surface area contributed by atoms with Crippen LogP contribution in [-0.4, -0.2) is 77.4 Å². The number of anilines is 3. The summed E-state index contributed by atoms with van der Waals surface area (Å²) < 4.78 is 16.5. The molecule has 13 nitrogen and oxygen atoms in total. The van der Waals surface area contributed by atoms with Crippen molar-refractivity contribution < 1.29 is 23.8 Å². The number of aryl methyl sites for hydroxylation is 4. The monoisotopic (exact) mass is 692 g/mol. The summed E-state index contributed by atoms with van der Waals surface area (Å²) in [5.41, 5.74) is 4.15. The summed E-state index contributed by atoms with van der Waals surface area (Å²) in [5.74, 6) is 1.61. The molecule has 0 saturated carbocycles. The smallest absolute Gasteiger partial charge is 0.418 e. The van der Waals surface area contributed by atoms with E-state index in [1.807, 2.05) is 39.0 Å². The third-order valence-electron chi connectivity index (χ3n) is 7.08. The molecule has 0 spiro atoms. The van der Waals surface area contributed by atoms with E-state index in [1.165, 1.54) is 14.2 Å². The molecule has 0 aliphatic carbocycles. The van der Waals surface area contributed by atoms with Crippen LogP contribution in [0.25, 0.3) is 0 Å². The van der Waals surface area contributed by atoms with E-state index in [-0.39, 0.29) is 17.7 Å². The molecular weight excluding hydrogens is 656 g/mol. The van der Waals surface area contributed by atoms with Gasteiger partial charge in [-0.3, -0.25) is 10.6 Å². The summed E-state index contributed by atoms with van der Waals surface area (Å²) in [7, 11) is 2.98. The average Bonchev–Trinajstić information content (AvgIpc) is 3.05. The number of benzene rings is 2. The zero-order valence-electron chi connectivity index (χ0n) is 26.6. The molecule has 5 rings (SSSR count). The normalized spacial score (nSPS) is 12.4. The number of methoxy groups -OCH3 is 2. The number of ether oxygens (including phenoxy) is 3. The Hall–Kier alpha value is -4.98. The molecule has 1 aliphatic heterocycles. The quantitative estimate of drug-likeness (QED) is 0.249. The maximum Gasteiger partial charge on any atom is 0.418 e. The molecule has 1 aliphatic rings. The van der Waals surface area contributed by atoms with E-state index in [0.717, 1.165) is 40.3 Å². The first kappa shape index (κ1) is 33.9. The van der Waals surface area contributed by atoms with Crippen molar-refractivity contribution in [2.75, 3.05) is 55.9 Å². The lowest BCUT2D eigenvalue weighted by atomic mass is 10.2. The first-order chi connectivity index (χ1) is 22.1. The minimum Gasteiger partial charge on any atom is -0.478 e. The minimum atomic E-state index is -0.646. The topological polar surface area (TPSA) is 144 Å². The van der Waals surface area contributed by atoms with Crippen LogP contribution in [-0.2, 0) is 0 Å². The van der Waals surface area contributed by atoms with Crippen LogP contribution in [0.4, 0.5) is 26.9 Å². The number of hydrogen-bond acceptors (Lipinski definition) is 10. The Bertz CT molecular complexity index is 1670. The lowest BCUT2D eigenvalue weighted by Crippen LogP contribution is -2.50. The second kappa shape index (κ2) is 15.8. The molecule has 2 aromatic carbocycles. The molecular formula is C32H37BrN8O5. The number of halogens is 1. The van der Waals surface area contributed by atoms with E-state index in [1.54, 1.807) is 36.1 Å². The van der Waals surface area contributed by atoms with Gasteiger partial charge in [0.05, 0.1) is 37.0 Å². The van der Waals surface area contributed by atoms with E-state index >= 15 is 0 Å². The van der Waals surface area contributed by atoms with Crippen molar-refractivity contribution in [1.82, 2.24) is 24.8 Å². The number of rotatable bonds is 6. The molecule has 2 aromatic heterocycles. The molecule has 2 N–H and O–H groups in total. The van der Waals surface area contributed by atoms with Gasteiger partial charge in [0.25, 0.3) is 11.8 Å². The van der Waals surface area contributed by atoms with Gasteiger partial charge < -0.3 is 24.0 Å². The highest BCUT2D eigenvalue weighted by atomic mass is 79.9. The largest absolute Gasteiger partial charge is 0.478 e. The Morgan fingerprint density at radius 2 is 1.26 bits per heavy atom. The Balaban J connectivity index is 0.000000216. The van der Waals surface area contributed by atoms with Gasteiger partial charge in [-0.15, -0.1) is 0 Å². The Kier molecular flexibility index (Phi) is 11.7. The van der Waals surface area contributed by atoms with Crippen LogP contribution in [0.15, 0.2) is 59.1 Å². The number of carbonyl (C=O) groups excluding carboxylic acids is 2. The Labute approximate surface area is 276 Å². The zero-order valence-corrected chi connectivity index (χ0v) is 28.2. The number of hydrogen-bond donors (Lipinski definition) is 2. The molecule has 0 atom stereocenters. The molecule has 46 heavy (non-hydrogen) atoms. The van der Waals surface area contributed by atoms with Gasteiger partial charge in [0, 0.05) is 36.3 Å². The molecule has 3 amide bonds. The SMILES string of the molecule is COc1nc(C)c(C)nc1NC(=O)N1CCN(c2cccc(Br)c2)CC1.COc1nc(C)c(C)nc1NC(=O)Oc1ccccc1. The van der Waals surface area contributed by atoms with E-state index in [0.29, 0.717) is 36.2 Å². The van der Waals surface area contributed by atoms with E-state index in [4.69, 9.17) is 14.2 Å². The van der Waals surface area contributed by atoms with Gasteiger partial charge in [-0.1, -0.05) is 40.2 Å². The number of carbonyl (C=O) groups is 2. The van der Waals surface area contributed by atoms with Gasteiger partial charge in [0.2, 0.25) is 0 Å². The number of nitrogens with one attached hydrogen (secondary N) is 2.